The molecule has 30 heavy (non-hydrogen) atoms. The summed E-state index contributed by atoms with van der Waals surface area (Å²) in [5.74, 6) is 0. The van der Waals surface area contributed by atoms with Crippen molar-refractivity contribution in [1.82, 2.24) is 15.2 Å². The van der Waals surface area contributed by atoms with Crippen LogP contribution in [-0.2, 0) is 0 Å². The number of pyridine rings is 1. The van der Waals surface area contributed by atoms with E-state index in [1.807, 2.05) is 30.5 Å². The molecule has 8 heteroatoms. The molecule has 0 spiro atoms. The second-order valence-electron chi connectivity index (χ2n) is 6.96. The molecule has 0 aliphatic heterocycles. The van der Waals surface area contributed by atoms with E-state index < -0.39 is 0 Å². The van der Waals surface area contributed by atoms with Crippen molar-refractivity contribution in [2.24, 2.45) is 0 Å². The Kier molecular flexibility index (Phi) is 14.1. The molecule has 3 aromatic rings. The lowest BCUT2D eigenvalue weighted by Gasteiger charge is -2.21. The molecule has 0 saturated heterocycles. The van der Waals surface area contributed by atoms with Crippen LogP contribution in [0.1, 0.15) is 18.0 Å². The van der Waals surface area contributed by atoms with Crippen LogP contribution in [0.2, 0.25) is 5.02 Å². The summed E-state index contributed by atoms with van der Waals surface area (Å²) in [6, 6.07) is 18.8. The van der Waals surface area contributed by atoms with E-state index in [9.17, 15) is 0 Å². The average molecular weight is 492 g/mol. The Balaban J connectivity index is 0.00000280. The molecule has 0 aliphatic carbocycles. The van der Waals surface area contributed by atoms with Crippen molar-refractivity contribution >= 4 is 65.4 Å². The van der Waals surface area contributed by atoms with Crippen molar-refractivity contribution < 1.29 is 0 Å². The molecule has 0 fully saturated rings. The van der Waals surface area contributed by atoms with Gasteiger partial charge in [-0.25, -0.2) is 0 Å². The van der Waals surface area contributed by atoms with E-state index in [4.69, 9.17) is 11.6 Å². The van der Waals surface area contributed by atoms with Gasteiger partial charge in [0.25, 0.3) is 0 Å². The van der Waals surface area contributed by atoms with Crippen LogP contribution in [0, 0.1) is 0 Å². The molecule has 2 aromatic carbocycles. The molecular formula is C22H30Cl4N4. The van der Waals surface area contributed by atoms with Gasteiger partial charge >= 0.3 is 0 Å². The topological polar surface area (TPSA) is 40.2 Å². The number of nitrogens with one attached hydrogen (secondary N) is 2. The lowest BCUT2D eigenvalue weighted by atomic mass is 10.0. The first-order valence-electron chi connectivity index (χ1n) is 9.34. The zero-order valence-electron chi connectivity index (χ0n) is 17.2. The van der Waals surface area contributed by atoms with E-state index in [1.54, 1.807) is 0 Å². The van der Waals surface area contributed by atoms with E-state index >= 15 is 0 Å². The number of nitrogens with zero attached hydrogens (tertiary/aromatic N) is 2. The van der Waals surface area contributed by atoms with Crippen molar-refractivity contribution in [3.63, 3.8) is 0 Å². The van der Waals surface area contributed by atoms with E-state index in [0.717, 1.165) is 42.6 Å². The van der Waals surface area contributed by atoms with Crippen molar-refractivity contribution in [1.29, 1.82) is 0 Å². The van der Waals surface area contributed by atoms with Crippen molar-refractivity contribution in [2.75, 3.05) is 39.0 Å². The van der Waals surface area contributed by atoms with Gasteiger partial charge in [-0.1, -0.05) is 41.9 Å². The molecular weight excluding hydrogens is 462 g/mol. The Hall–Kier alpha value is -1.27. The molecule has 4 nitrogen and oxygen atoms in total. The van der Waals surface area contributed by atoms with Gasteiger partial charge in [-0.05, 0) is 56.9 Å². The van der Waals surface area contributed by atoms with Gasteiger partial charge in [-0.3, -0.25) is 4.98 Å². The summed E-state index contributed by atoms with van der Waals surface area (Å²) in [7, 11) is 4.23. The fourth-order valence-corrected chi connectivity index (χ4v) is 3.34. The van der Waals surface area contributed by atoms with Crippen LogP contribution in [0.5, 0.6) is 0 Å². The van der Waals surface area contributed by atoms with Crippen molar-refractivity contribution in [3.05, 3.63) is 71.4 Å². The first-order valence-corrected chi connectivity index (χ1v) is 9.72. The number of hydrogen-bond donors (Lipinski definition) is 2. The molecule has 0 amide bonds. The molecule has 3 rings (SSSR count). The van der Waals surface area contributed by atoms with Crippen LogP contribution in [0.3, 0.4) is 0 Å². The maximum atomic E-state index is 6.07. The maximum Gasteiger partial charge on any atom is 0.0737 e. The summed E-state index contributed by atoms with van der Waals surface area (Å²) in [5, 5.41) is 9.02. The largest absolute Gasteiger partial charge is 0.383 e. The monoisotopic (exact) mass is 490 g/mol. The highest BCUT2D eigenvalue weighted by Crippen LogP contribution is 2.24. The minimum atomic E-state index is 0. The predicted octanol–water partition coefficient (Wildman–Crippen LogP) is 5.85. The lowest BCUT2D eigenvalue weighted by molar-refractivity contribution is 0.362. The van der Waals surface area contributed by atoms with Gasteiger partial charge in [0.05, 0.1) is 5.52 Å². The van der Waals surface area contributed by atoms with Crippen molar-refractivity contribution in [2.45, 2.75) is 12.5 Å². The Labute approximate surface area is 203 Å². The quantitative estimate of drug-likeness (QED) is 0.368. The zero-order valence-corrected chi connectivity index (χ0v) is 20.4. The average Bonchev–Trinajstić information content (AvgIpc) is 2.67. The van der Waals surface area contributed by atoms with E-state index in [2.05, 4.69) is 64.9 Å². The Morgan fingerprint density at radius 2 is 1.70 bits per heavy atom. The molecule has 1 heterocycles. The second kappa shape index (κ2) is 14.7. The third kappa shape index (κ3) is 8.46. The highest BCUT2D eigenvalue weighted by Gasteiger charge is 2.11. The molecule has 1 unspecified atom stereocenters. The minimum absolute atomic E-state index is 0. The Morgan fingerprint density at radius 3 is 2.40 bits per heavy atom. The minimum Gasteiger partial charge on any atom is -0.383 e. The van der Waals surface area contributed by atoms with Crippen LogP contribution < -0.4 is 10.6 Å². The molecule has 1 atom stereocenters. The highest BCUT2D eigenvalue weighted by molar-refractivity contribution is 6.31. The zero-order chi connectivity index (χ0) is 19.1. The predicted molar refractivity (Wildman–Crippen MR) is 137 cm³/mol. The van der Waals surface area contributed by atoms with Gasteiger partial charge in [0.2, 0.25) is 0 Å². The van der Waals surface area contributed by atoms with Crippen LogP contribution in [0.15, 0.2) is 60.8 Å². The normalized spacial score (nSPS) is 11.2. The molecule has 2 N–H and O–H groups in total. The maximum absolute atomic E-state index is 6.07. The summed E-state index contributed by atoms with van der Waals surface area (Å²) in [5.41, 5.74) is 3.33. The molecule has 0 bridgehead atoms. The van der Waals surface area contributed by atoms with Gasteiger partial charge in [-0.15, -0.1) is 37.2 Å². The van der Waals surface area contributed by atoms with Crippen LogP contribution in [-0.4, -0.2) is 43.6 Å². The molecule has 0 saturated carbocycles. The number of fused-ring (bicyclic) bond motifs is 1. The summed E-state index contributed by atoms with van der Waals surface area (Å²) in [6.45, 7) is 2.77. The van der Waals surface area contributed by atoms with Gasteiger partial charge in [0.1, 0.15) is 0 Å². The summed E-state index contributed by atoms with van der Waals surface area (Å²) >= 11 is 6.07. The Morgan fingerprint density at radius 1 is 0.967 bits per heavy atom. The smallest absolute Gasteiger partial charge is 0.0737 e. The second-order valence-corrected chi connectivity index (χ2v) is 7.39. The summed E-state index contributed by atoms with van der Waals surface area (Å²) < 4.78 is 0. The number of halogens is 4. The van der Waals surface area contributed by atoms with E-state index in [1.165, 1.54) is 5.56 Å². The third-order valence-corrected chi connectivity index (χ3v) is 4.84. The van der Waals surface area contributed by atoms with Crippen LogP contribution >= 0.6 is 48.8 Å². The standard InChI is InChI=1S/C22H27ClN4.3ClH/c1-27(2)15-11-20(17-6-4-3-5-7-17)25-13-14-26-21-10-12-24-22-16-18(23)8-9-19(21)22;;;/h3-10,12,16,20,25H,11,13-15H2,1-2H3,(H,24,26);3*1H. The number of aromatic nitrogens is 1. The fourth-order valence-electron chi connectivity index (χ4n) is 3.18. The summed E-state index contributed by atoms with van der Waals surface area (Å²) in [4.78, 5) is 6.62. The van der Waals surface area contributed by atoms with Crippen molar-refractivity contribution in [3.8, 4) is 0 Å². The van der Waals surface area contributed by atoms with Crippen LogP contribution in [0.25, 0.3) is 10.9 Å². The fraction of sp³-hybridized carbons (Fsp3) is 0.318. The lowest BCUT2D eigenvalue weighted by Crippen LogP contribution is -2.29. The van der Waals surface area contributed by atoms with Gasteiger partial charge in [0.15, 0.2) is 0 Å². The van der Waals surface area contributed by atoms with E-state index in [-0.39, 0.29) is 37.2 Å². The SMILES string of the molecule is CN(C)CCC(NCCNc1ccnc2cc(Cl)ccc12)c1ccccc1.Cl.Cl.Cl. The van der Waals surface area contributed by atoms with Gasteiger partial charge < -0.3 is 15.5 Å². The molecule has 1 aromatic heterocycles. The first-order chi connectivity index (χ1) is 13.1. The number of rotatable bonds is 9. The summed E-state index contributed by atoms with van der Waals surface area (Å²) in [6.07, 6.45) is 2.89. The van der Waals surface area contributed by atoms with E-state index in [0.29, 0.717) is 11.1 Å². The van der Waals surface area contributed by atoms with Gasteiger partial charge in [0, 0.05) is 41.4 Å². The number of benzene rings is 2. The molecule has 0 aliphatic rings. The molecule has 166 valence electrons. The highest BCUT2D eigenvalue weighted by atomic mass is 35.5. The first kappa shape index (κ1) is 28.7. The Bertz CT molecular complexity index is 862. The number of anilines is 1. The van der Waals surface area contributed by atoms with Crippen LogP contribution in [0.4, 0.5) is 5.69 Å². The third-order valence-electron chi connectivity index (χ3n) is 4.60. The van der Waals surface area contributed by atoms with Gasteiger partial charge in [-0.2, -0.15) is 0 Å². The number of hydrogen-bond acceptors (Lipinski definition) is 4. The molecule has 0 radical (unpaired) electrons.